The van der Waals surface area contributed by atoms with Crippen LogP contribution in [0.4, 0.5) is 0 Å². The summed E-state index contributed by atoms with van der Waals surface area (Å²) in [5.74, 6) is 0.883. The predicted octanol–water partition coefficient (Wildman–Crippen LogP) is 4.38. The van der Waals surface area contributed by atoms with Gasteiger partial charge in [0.05, 0.1) is 0 Å². The Hall–Kier alpha value is -1.41. The molecule has 0 amide bonds. The van der Waals surface area contributed by atoms with Crippen LogP contribution in [0.15, 0.2) is 36.7 Å². The Kier molecular flexibility index (Phi) is 3.75. The maximum Gasteiger partial charge on any atom is 0.0416 e. The van der Waals surface area contributed by atoms with Gasteiger partial charge in [0, 0.05) is 23.3 Å². The first-order valence-corrected chi connectivity index (χ1v) is 7.85. The lowest BCUT2D eigenvalue weighted by Crippen LogP contribution is -2.40. The van der Waals surface area contributed by atoms with Gasteiger partial charge in [0.1, 0.15) is 0 Å². The number of hydrogen-bond acceptors (Lipinski definition) is 2. The lowest BCUT2D eigenvalue weighted by molar-refractivity contribution is 0.227. The smallest absolute Gasteiger partial charge is 0.0416 e. The van der Waals surface area contributed by atoms with Crippen molar-refractivity contribution in [1.82, 2.24) is 4.98 Å². The molecule has 3 rings (SSSR count). The minimum Gasteiger partial charge on any atom is -0.321 e. The fourth-order valence-corrected chi connectivity index (χ4v) is 3.72. The quantitative estimate of drug-likeness (QED) is 0.897. The van der Waals surface area contributed by atoms with Gasteiger partial charge in [0.2, 0.25) is 0 Å². The van der Waals surface area contributed by atoms with Crippen molar-refractivity contribution in [1.29, 1.82) is 0 Å². The maximum atomic E-state index is 6.78. The molecule has 1 heterocycles. The van der Waals surface area contributed by atoms with E-state index in [-0.39, 0.29) is 5.54 Å². The highest BCUT2D eigenvalue weighted by atomic mass is 14.8. The van der Waals surface area contributed by atoms with Crippen molar-refractivity contribution in [3.63, 3.8) is 0 Å². The zero-order valence-electron chi connectivity index (χ0n) is 12.3. The lowest BCUT2D eigenvalue weighted by Gasteiger charge is -2.38. The third kappa shape index (κ3) is 2.45. The highest BCUT2D eigenvalue weighted by Gasteiger charge is 2.33. The fraction of sp³-hybridized carbons (Fsp3) is 0.500. The largest absolute Gasteiger partial charge is 0.321 e. The van der Waals surface area contributed by atoms with Gasteiger partial charge in [-0.3, -0.25) is 4.98 Å². The van der Waals surface area contributed by atoms with Gasteiger partial charge in [0.25, 0.3) is 0 Å². The molecule has 1 aromatic heterocycles. The predicted molar refractivity (Wildman–Crippen MR) is 84.5 cm³/mol. The van der Waals surface area contributed by atoms with Crippen LogP contribution in [-0.4, -0.2) is 4.98 Å². The summed E-state index contributed by atoms with van der Waals surface area (Å²) in [6.07, 6.45) is 11.2. The van der Waals surface area contributed by atoms with Crippen molar-refractivity contribution >= 4 is 10.8 Å². The maximum absolute atomic E-state index is 6.78. The van der Waals surface area contributed by atoms with Gasteiger partial charge in [-0.25, -0.2) is 0 Å². The van der Waals surface area contributed by atoms with Crippen LogP contribution in [-0.2, 0) is 5.54 Å². The van der Waals surface area contributed by atoms with Crippen LogP contribution in [0.2, 0.25) is 0 Å². The molecule has 1 saturated carbocycles. The lowest BCUT2D eigenvalue weighted by atomic mass is 9.71. The second-order valence-electron chi connectivity index (χ2n) is 6.29. The van der Waals surface area contributed by atoms with E-state index >= 15 is 0 Å². The number of hydrogen-bond donors (Lipinski definition) is 1. The highest BCUT2D eigenvalue weighted by Crippen LogP contribution is 2.41. The molecule has 0 saturated heterocycles. The summed E-state index contributed by atoms with van der Waals surface area (Å²) in [5, 5.41) is 2.48. The number of aromatic nitrogens is 1. The molecule has 0 spiro atoms. The van der Waals surface area contributed by atoms with Gasteiger partial charge in [-0.1, -0.05) is 38.0 Å². The molecule has 1 aliphatic rings. The Balaban J connectivity index is 1.91. The first-order chi connectivity index (χ1) is 9.73. The van der Waals surface area contributed by atoms with Crippen molar-refractivity contribution in [2.24, 2.45) is 11.7 Å². The van der Waals surface area contributed by atoms with Gasteiger partial charge in [0.15, 0.2) is 0 Å². The molecule has 1 fully saturated rings. The third-order valence-electron chi connectivity index (χ3n) is 4.91. The zero-order valence-corrected chi connectivity index (χ0v) is 12.3. The molecular formula is C18H24N2. The van der Waals surface area contributed by atoms with Crippen molar-refractivity contribution < 1.29 is 0 Å². The number of rotatable bonds is 3. The van der Waals surface area contributed by atoms with Crippen molar-refractivity contribution in [3.8, 4) is 0 Å². The van der Waals surface area contributed by atoms with E-state index in [2.05, 4.69) is 36.2 Å². The monoisotopic (exact) mass is 268 g/mol. The van der Waals surface area contributed by atoms with Crippen LogP contribution >= 0.6 is 0 Å². The first kappa shape index (κ1) is 13.6. The molecule has 20 heavy (non-hydrogen) atoms. The molecule has 1 aliphatic carbocycles. The summed E-state index contributed by atoms with van der Waals surface area (Å²) < 4.78 is 0. The standard InChI is InChI=1S/C18H24N2/c1-2-4-14-7-10-18(19,11-8-14)17-6-3-5-15-13-20-12-9-16(15)17/h3,5-6,9,12-14H,2,4,7-8,10-11,19H2,1H3. The molecule has 2 heteroatoms. The molecular weight excluding hydrogens is 244 g/mol. The van der Waals surface area contributed by atoms with Gasteiger partial charge < -0.3 is 5.73 Å². The van der Waals surface area contributed by atoms with Crippen molar-refractivity contribution in [2.45, 2.75) is 51.0 Å². The number of pyridine rings is 1. The molecule has 2 aromatic rings. The van der Waals surface area contributed by atoms with Crippen LogP contribution in [0.25, 0.3) is 10.8 Å². The average Bonchev–Trinajstić information content (AvgIpc) is 2.49. The molecule has 1 aromatic carbocycles. The Labute approximate surface area is 121 Å². The average molecular weight is 268 g/mol. The van der Waals surface area contributed by atoms with Crippen LogP contribution < -0.4 is 5.73 Å². The molecule has 0 unspecified atom stereocenters. The van der Waals surface area contributed by atoms with E-state index < -0.39 is 0 Å². The Morgan fingerprint density at radius 1 is 1.25 bits per heavy atom. The molecule has 0 aliphatic heterocycles. The highest BCUT2D eigenvalue weighted by molar-refractivity contribution is 5.85. The molecule has 2 nitrogen and oxygen atoms in total. The van der Waals surface area contributed by atoms with Crippen molar-refractivity contribution in [3.05, 3.63) is 42.2 Å². The first-order valence-electron chi connectivity index (χ1n) is 7.85. The van der Waals surface area contributed by atoms with E-state index in [9.17, 15) is 0 Å². The summed E-state index contributed by atoms with van der Waals surface area (Å²) in [6, 6.07) is 8.56. The van der Waals surface area contributed by atoms with E-state index in [4.69, 9.17) is 5.73 Å². The van der Waals surface area contributed by atoms with E-state index in [1.54, 1.807) is 0 Å². The summed E-state index contributed by atoms with van der Waals surface area (Å²) in [7, 11) is 0. The third-order valence-corrected chi connectivity index (χ3v) is 4.91. The second kappa shape index (κ2) is 5.53. The van der Waals surface area contributed by atoms with E-state index in [1.165, 1.54) is 42.0 Å². The van der Waals surface area contributed by atoms with E-state index in [0.29, 0.717) is 0 Å². The number of nitrogens with zero attached hydrogens (tertiary/aromatic N) is 1. The minimum absolute atomic E-state index is 0.148. The van der Waals surface area contributed by atoms with Crippen LogP contribution in [0.5, 0.6) is 0 Å². The molecule has 0 radical (unpaired) electrons. The minimum atomic E-state index is -0.148. The number of nitrogens with two attached hydrogens (primary N) is 1. The summed E-state index contributed by atoms with van der Waals surface area (Å²) in [4.78, 5) is 4.22. The number of fused-ring (bicyclic) bond motifs is 1. The molecule has 106 valence electrons. The normalized spacial score (nSPS) is 26.8. The van der Waals surface area contributed by atoms with Gasteiger partial charge in [-0.2, -0.15) is 0 Å². The van der Waals surface area contributed by atoms with Gasteiger partial charge in [-0.15, -0.1) is 0 Å². The fourth-order valence-electron chi connectivity index (χ4n) is 3.72. The Morgan fingerprint density at radius 3 is 2.80 bits per heavy atom. The van der Waals surface area contributed by atoms with Gasteiger partial charge in [-0.05, 0) is 48.6 Å². The summed E-state index contributed by atoms with van der Waals surface area (Å²) >= 11 is 0. The summed E-state index contributed by atoms with van der Waals surface area (Å²) in [6.45, 7) is 2.28. The van der Waals surface area contributed by atoms with Crippen molar-refractivity contribution in [2.75, 3.05) is 0 Å². The summed E-state index contributed by atoms with van der Waals surface area (Å²) in [5.41, 5.74) is 7.95. The van der Waals surface area contributed by atoms with E-state index in [0.717, 1.165) is 18.8 Å². The van der Waals surface area contributed by atoms with Crippen LogP contribution in [0.3, 0.4) is 0 Å². The number of benzene rings is 1. The second-order valence-corrected chi connectivity index (χ2v) is 6.29. The molecule has 2 N–H and O–H groups in total. The Bertz CT molecular complexity index is 577. The van der Waals surface area contributed by atoms with Crippen LogP contribution in [0.1, 0.15) is 51.0 Å². The van der Waals surface area contributed by atoms with Gasteiger partial charge >= 0.3 is 0 Å². The topological polar surface area (TPSA) is 38.9 Å². The zero-order chi connectivity index (χ0) is 14.0. The SMILES string of the molecule is CCCC1CCC(N)(c2cccc3cnccc23)CC1. The van der Waals surface area contributed by atoms with E-state index in [1.807, 2.05) is 12.4 Å². The van der Waals surface area contributed by atoms with Crippen LogP contribution in [0, 0.1) is 5.92 Å². The Morgan fingerprint density at radius 2 is 2.05 bits per heavy atom. The molecule has 0 bridgehead atoms. The molecule has 0 atom stereocenters.